The number of aryl methyl sites for hydroxylation is 1. The van der Waals surface area contributed by atoms with Gasteiger partial charge in [0, 0.05) is 50.2 Å². The molecule has 1 aromatic carbocycles. The van der Waals surface area contributed by atoms with E-state index in [1.54, 1.807) is 59.1 Å². The monoisotopic (exact) mass is 918 g/mol. The molecule has 4 heterocycles. The average molecular weight is 920 g/mol. The van der Waals surface area contributed by atoms with E-state index < -0.39 is 82.2 Å². The summed E-state index contributed by atoms with van der Waals surface area (Å²) in [6, 6.07) is 5.93. The van der Waals surface area contributed by atoms with Crippen molar-refractivity contribution in [3.8, 4) is 5.75 Å². The van der Waals surface area contributed by atoms with E-state index in [0.29, 0.717) is 35.9 Å². The predicted octanol–water partition coefficient (Wildman–Crippen LogP) is 4.09. The summed E-state index contributed by atoms with van der Waals surface area (Å²) in [5, 5.41) is 12.2. The molecule has 3 saturated heterocycles. The van der Waals surface area contributed by atoms with Crippen molar-refractivity contribution in [2.45, 2.75) is 160 Å². The lowest BCUT2D eigenvalue weighted by Crippen LogP contribution is -2.62. The minimum atomic E-state index is -1.22. The van der Waals surface area contributed by atoms with Gasteiger partial charge in [0.15, 0.2) is 0 Å². The Morgan fingerprint density at radius 3 is 2.28 bits per heavy atom. The van der Waals surface area contributed by atoms with E-state index in [9.17, 15) is 28.8 Å². The molecule has 0 radical (unpaired) electrons. The van der Waals surface area contributed by atoms with E-state index in [-0.39, 0.29) is 43.8 Å². The number of nitrogens with zero attached hydrogens (tertiary/aromatic N) is 4. The van der Waals surface area contributed by atoms with Gasteiger partial charge < -0.3 is 40.4 Å². The summed E-state index contributed by atoms with van der Waals surface area (Å²) in [6.07, 6.45) is 8.18. The van der Waals surface area contributed by atoms with Gasteiger partial charge in [0.05, 0.1) is 12.6 Å². The van der Waals surface area contributed by atoms with Gasteiger partial charge in [0.2, 0.25) is 29.4 Å². The maximum absolute atomic E-state index is 15.6. The van der Waals surface area contributed by atoms with Crippen LogP contribution in [0.25, 0.3) is 0 Å². The zero-order valence-corrected chi connectivity index (χ0v) is 39.7. The lowest BCUT2D eigenvalue weighted by molar-refractivity contribution is -0.145. The van der Waals surface area contributed by atoms with Gasteiger partial charge in [0.25, 0.3) is 11.8 Å². The number of Topliss-reactive ketones (excluding diaryl/α,β-unsaturated/α-hetero) is 1. The highest BCUT2D eigenvalue weighted by atomic mass is 35.5. The number of halogens is 1. The highest BCUT2D eigenvalue weighted by molar-refractivity contribution is 6.38. The van der Waals surface area contributed by atoms with Gasteiger partial charge in [-0.3, -0.25) is 38.5 Å². The Morgan fingerprint density at radius 1 is 0.938 bits per heavy atom. The molecule has 16 nitrogen and oxygen atoms in total. The zero-order chi connectivity index (χ0) is 47.0. The van der Waals surface area contributed by atoms with Crippen molar-refractivity contribution < 1.29 is 38.3 Å². The number of aromatic nitrogens is 1. The second kappa shape index (κ2) is 19.1. The molecule has 7 rings (SSSR count). The van der Waals surface area contributed by atoms with Crippen LogP contribution in [0.4, 0.5) is 0 Å². The Labute approximate surface area is 387 Å². The first kappa shape index (κ1) is 48.0. The minimum Gasteiger partial charge on any atom is -0.489 e. The molecule has 5 aliphatic rings. The van der Waals surface area contributed by atoms with E-state index in [4.69, 9.17) is 16.3 Å². The predicted molar refractivity (Wildman–Crippen MR) is 243 cm³/mol. The highest BCUT2D eigenvalue weighted by Crippen LogP contribution is 2.51. The van der Waals surface area contributed by atoms with Crippen LogP contribution >= 0.6 is 11.6 Å². The van der Waals surface area contributed by atoms with Gasteiger partial charge in [-0.1, -0.05) is 71.0 Å². The Morgan fingerprint density at radius 2 is 1.66 bits per heavy atom. The number of likely N-dealkylation sites (N-methyl/N-ethyl adjacent to an activating group) is 1. The second-order valence-corrected chi connectivity index (χ2v) is 20.6. The maximum Gasteiger partial charge on any atom is 0.289 e. The van der Waals surface area contributed by atoms with Crippen LogP contribution in [0.1, 0.15) is 123 Å². The Hall–Kier alpha value is -4.96. The van der Waals surface area contributed by atoms with Crippen LogP contribution in [-0.4, -0.2) is 128 Å². The second-order valence-electron chi connectivity index (χ2n) is 20.1. The van der Waals surface area contributed by atoms with Crippen molar-refractivity contribution in [2.75, 3.05) is 19.6 Å². The van der Waals surface area contributed by atoms with Gasteiger partial charge in [0.1, 0.15) is 46.9 Å². The normalized spacial score (nSPS) is 26.1. The van der Waals surface area contributed by atoms with Crippen LogP contribution in [0.5, 0.6) is 5.75 Å². The van der Waals surface area contributed by atoms with Gasteiger partial charge in [-0.25, -0.2) is 0 Å². The van der Waals surface area contributed by atoms with Crippen LogP contribution in [0.15, 0.2) is 42.6 Å². The first-order valence-corrected chi connectivity index (χ1v) is 23.9. The van der Waals surface area contributed by atoms with Crippen molar-refractivity contribution in [3.63, 3.8) is 0 Å². The Balaban J connectivity index is 1.23. The van der Waals surface area contributed by atoms with Crippen molar-refractivity contribution in [1.82, 2.24) is 40.5 Å². The van der Waals surface area contributed by atoms with E-state index in [1.807, 2.05) is 41.5 Å². The smallest absolute Gasteiger partial charge is 0.289 e. The average Bonchev–Trinajstić information content (AvgIpc) is 3.58. The molecular formula is C48H67ClN8O8. The molecule has 3 aliphatic heterocycles. The molecule has 354 valence electrons. The molecule has 1 spiro atoms. The molecule has 65 heavy (non-hydrogen) atoms. The third kappa shape index (κ3) is 9.79. The molecule has 4 N–H and O–H groups in total. The number of hydrogen-bond donors (Lipinski definition) is 4. The fourth-order valence-electron chi connectivity index (χ4n) is 10.7. The summed E-state index contributed by atoms with van der Waals surface area (Å²) >= 11 is 6.30. The van der Waals surface area contributed by atoms with E-state index >= 15 is 4.79 Å². The molecule has 7 atom stereocenters. The van der Waals surface area contributed by atoms with Gasteiger partial charge >= 0.3 is 0 Å². The fraction of sp³-hybridized carbons (Fsp3) is 0.646. The first-order valence-electron chi connectivity index (χ1n) is 23.5. The minimum absolute atomic E-state index is 0.00678. The SMILES string of the molecule is CCCC(NC(=O)[C@@H]1CC2(CN1C(=O)[C@@H](NC(=O)[C@@H](NC(=O)c1cccn1C)C1CCCCC1)C(C)(C)C)N(CC)C(=O)[C@@]1(C)C[C@H](Oc3cccc(Cl)c3)CN21)C(=O)C(=O)NC1CC1. The van der Waals surface area contributed by atoms with Crippen LogP contribution in [0.3, 0.4) is 0 Å². The maximum atomic E-state index is 15.6. The number of amides is 6. The van der Waals surface area contributed by atoms with E-state index in [2.05, 4.69) is 26.2 Å². The molecule has 5 fully saturated rings. The van der Waals surface area contributed by atoms with E-state index in [0.717, 1.165) is 44.9 Å². The number of carbonyl (C=O) groups excluding carboxylic acids is 7. The summed E-state index contributed by atoms with van der Waals surface area (Å²) in [6.45, 7) is 11.6. The first-order chi connectivity index (χ1) is 30.8. The molecule has 17 heteroatoms. The molecule has 2 aliphatic carbocycles. The number of nitrogens with one attached hydrogen (secondary N) is 4. The quantitative estimate of drug-likeness (QED) is 0.180. The molecule has 2 aromatic rings. The van der Waals surface area contributed by atoms with Crippen molar-refractivity contribution in [2.24, 2.45) is 18.4 Å². The summed E-state index contributed by atoms with van der Waals surface area (Å²) in [7, 11) is 1.76. The highest BCUT2D eigenvalue weighted by Gasteiger charge is 2.70. The summed E-state index contributed by atoms with van der Waals surface area (Å²) in [4.78, 5) is 105. The molecule has 2 unspecified atom stereocenters. The summed E-state index contributed by atoms with van der Waals surface area (Å²) in [5.41, 5.74) is -2.75. The lowest BCUT2D eigenvalue weighted by Gasteiger charge is -2.41. The number of hydrogen-bond acceptors (Lipinski definition) is 9. The Bertz CT molecular complexity index is 2160. The van der Waals surface area contributed by atoms with Crippen molar-refractivity contribution >= 4 is 52.8 Å². The number of ketones is 1. The summed E-state index contributed by atoms with van der Waals surface area (Å²) < 4.78 is 8.12. The Kier molecular flexibility index (Phi) is 14.1. The lowest BCUT2D eigenvalue weighted by atomic mass is 9.82. The largest absolute Gasteiger partial charge is 0.489 e. The van der Waals surface area contributed by atoms with Gasteiger partial charge in [-0.05, 0) is 87.6 Å². The third-order valence-corrected chi connectivity index (χ3v) is 14.5. The van der Waals surface area contributed by atoms with Crippen LogP contribution in [0, 0.1) is 11.3 Å². The number of carbonyl (C=O) groups is 7. The molecule has 0 bridgehead atoms. The molecule has 2 saturated carbocycles. The zero-order valence-electron chi connectivity index (χ0n) is 38.9. The number of benzene rings is 1. The number of ether oxygens (including phenoxy) is 1. The third-order valence-electron chi connectivity index (χ3n) is 14.3. The van der Waals surface area contributed by atoms with Crippen LogP contribution in [-0.2, 0) is 35.8 Å². The number of likely N-dealkylation sites (tertiary alicyclic amines) is 1. The standard InChI is InChI=1S/C48H67ClN8O8/c1-8-15-34(38(58)43(62)50-31-21-22-31)51-41(60)36-26-48(56(9-2)45(64)47(6)25-33(27-57(47)48)65-32-19-13-18-30(49)24-32)28-55(36)44(63)39(46(3,4)5)53-42(61)37(29-16-11-10-12-17-29)52-40(59)35-20-14-23-54(35)7/h13-14,18-20,23-24,29,31,33-34,36-37,39H,8-12,15-17,21-22,25-28H2,1-7H3,(H,50,62)(H,51,60)(H,52,59)(H,53,61)/t33-,34?,36-,37-,39+,47+,48?/m0/s1. The van der Waals surface area contributed by atoms with Crippen molar-refractivity contribution in [3.05, 3.63) is 53.3 Å². The van der Waals surface area contributed by atoms with Gasteiger partial charge in [-0.15, -0.1) is 0 Å². The molecule has 6 amide bonds. The molecular weight excluding hydrogens is 852 g/mol. The summed E-state index contributed by atoms with van der Waals surface area (Å²) in [5.74, 6) is -3.40. The van der Waals surface area contributed by atoms with Gasteiger partial charge in [-0.2, -0.15) is 0 Å². The topological polar surface area (TPSA) is 191 Å². The fourth-order valence-corrected chi connectivity index (χ4v) is 10.9. The van der Waals surface area contributed by atoms with E-state index in [1.165, 1.54) is 4.90 Å². The number of rotatable bonds is 16. The van der Waals surface area contributed by atoms with Crippen LogP contribution < -0.4 is 26.0 Å². The molecule has 1 aromatic heterocycles. The van der Waals surface area contributed by atoms with Crippen LogP contribution in [0.2, 0.25) is 5.02 Å². The number of fused-ring (bicyclic) bond motifs is 2. The van der Waals surface area contributed by atoms with Crippen molar-refractivity contribution in [1.29, 1.82) is 0 Å².